The summed E-state index contributed by atoms with van der Waals surface area (Å²) >= 11 is 3.39. The Bertz CT molecular complexity index is 409. The number of aromatic hydroxyl groups is 1. The van der Waals surface area contributed by atoms with Gasteiger partial charge < -0.3 is 10.1 Å². The number of aromatic nitrogens is 1. The summed E-state index contributed by atoms with van der Waals surface area (Å²) in [7, 11) is 0. The van der Waals surface area contributed by atoms with Crippen LogP contribution in [0.4, 0.5) is 0 Å². The minimum absolute atomic E-state index is 0.266. The molecule has 66 valence electrons. The molecular formula is C10H8BrNO. The lowest BCUT2D eigenvalue weighted by molar-refractivity contribution is 0.475. The number of H-pyrrole nitrogens is 1. The van der Waals surface area contributed by atoms with E-state index < -0.39 is 0 Å². The van der Waals surface area contributed by atoms with Gasteiger partial charge in [-0.15, -0.1) is 0 Å². The van der Waals surface area contributed by atoms with Gasteiger partial charge in [0, 0.05) is 21.9 Å². The molecule has 1 aromatic carbocycles. The van der Waals surface area contributed by atoms with Gasteiger partial charge in [-0.3, -0.25) is 0 Å². The molecule has 2 rings (SSSR count). The first-order valence-corrected chi connectivity index (χ1v) is 4.69. The zero-order valence-corrected chi connectivity index (χ0v) is 8.38. The van der Waals surface area contributed by atoms with E-state index in [-0.39, 0.29) is 5.75 Å². The summed E-state index contributed by atoms with van der Waals surface area (Å²) in [6.45, 7) is 0. The molecular weight excluding hydrogens is 230 g/mol. The van der Waals surface area contributed by atoms with Crippen LogP contribution in [0.15, 0.2) is 41.0 Å². The number of aromatic amines is 1. The van der Waals surface area contributed by atoms with Crippen molar-refractivity contribution in [3.05, 3.63) is 41.0 Å². The van der Waals surface area contributed by atoms with Crippen LogP contribution in [0.5, 0.6) is 5.75 Å². The van der Waals surface area contributed by atoms with E-state index in [1.165, 1.54) is 0 Å². The van der Waals surface area contributed by atoms with E-state index in [1.54, 1.807) is 12.1 Å². The van der Waals surface area contributed by atoms with Crippen LogP contribution in [0.3, 0.4) is 0 Å². The summed E-state index contributed by atoms with van der Waals surface area (Å²) in [6.07, 6.45) is 1.87. The Morgan fingerprint density at radius 2 is 2.08 bits per heavy atom. The maximum absolute atomic E-state index is 9.19. The summed E-state index contributed by atoms with van der Waals surface area (Å²) in [6, 6.07) is 9.13. The molecule has 0 amide bonds. The number of phenolic OH excluding ortho intramolecular Hbond substituents is 1. The minimum Gasteiger partial charge on any atom is -0.508 e. The van der Waals surface area contributed by atoms with Crippen molar-refractivity contribution in [3.8, 4) is 17.0 Å². The van der Waals surface area contributed by atoms with Crippen molar-refractivity contribution in [1.29, 1.82) is 0 Å². The Kier molecular flexibility index (Phi) is 2.10. The summed E-state index contributed by atoms with van der Waals surface area (Å²) in [4.78, 5) is 3.10. The lowest BCUT2D eigenvalue weighted by atomic mass is 10.1. The molecule has 13 heavy (non-hydrogen) atoms. The maximum atomic E-state index is 9.19. The van der Waals surface area contributed by atoms with Gasteiger partial charge in [0.2, 0.25) is 0 Å². The van der Waals surface area contributed by atoms with E-state index in [0.29, 0.717) is 0 Å². The second-order valence-corrected chi connectivity index (χ2v) is 3.60. The van der Waals surface area contributed by atoms with Crippen molar-refractivity contribution in [2.45, 2.75) is 0 Å². The fourth-order valence-corrected chi connectivity index (χ4v) is 1.80. The van der Waals surface area contributed by atoms with E-state index in [2.05, 4.69) is 20.9 Å². The molecule has 0 aliphatic rings. The first-order chi connectivity index (χ1) is 6.27. The molecule has 0 radical (unpaired) electrons. The molecule has 0 atom stereocenters. The van der Waals surface area contributed by atoms with E-state index in [1.807, 2.05) is 24.4 Å². The quantitative estimate of drug-likeness (QED) is 0.786. The van der Waals surface area contributed by atoms with Crippen LogP contribution in [-0.4, -0.2) is 10.1 Å². The summed E-state index contributed by atoms with van der Waals surface area (Å²) in [5, 5.41) is 9.19. The zero-order valence-electron chi connectivity index (χ0n) is 6.79. The smallest absolute Gasteiger partial charge is 0.116 e. The van der Waals surface area contributed by atoms with Crippen molar-refractivity contribution in [3.63, 3.8) is 0 Å². The van der Waals surface area contributed by atoms with Gasteiger partial charge in [-0.2, -0.15) is 0 Å². The number of rotatable bonds is 1. The van der Waals surface area contributed by atoms with Gasteiger partial charge in [0.05, 0.1) is 0 Å². The van der Waals surface area contributed by atoms with Gasteiger partial charge >= 0.3 is 0 Å². The van der Waals surface area contributed by atoms with Crippen molar-refractivity contribution in [2.75, 3.05) is 0 Å². The number of hydrogen-bond acceptors (Lipinski definition) is 1. The highest BCUT2D eigenvalue weighted by molar-refractivity contribution is 9.10. The summed E-state index contributed by atoms with van der Waals surface area (Å²) < 4.78 is 0.884. The third-order valence-corrected chi connectivity index (χ3v) is 2.50. The Hall–Kier alpha value is -1.22. The number of nitrogens with one attached hydrogen (secondary N) is 1. The van der Waals surface area contributed by atoms with Crippen LogP contribution in [0, 0.1) is 0 Å². The number of hydrogen-bond donors (Lipinski definition) is 2. The molecule has 0 saturated heterocycles. The van der Waals surface area contributed by atoms with Crippen LogP contribution in [0.1, 0.15) is 0 Å². The molecule has 0 spiro atoms. The molecule has 0 aliphatic heterocycles. The second kappa shape index (κ2) is 3.26. The second-order valence-electron chi connectivity index (χ2n) is 2.75. The summed E-state index contributed by atoms with van der Waals surface area (Å²) in [5.41, 5.74) is 2.08. The fraction of sp³-hybridized carbons (Fsp3) is 0. The molecule has 2 aromatic rings. The zero-order chi connectivity index (χ0) is 9.26. The van der Waals surface area contributed by atoms with Gasteiger partial charge in [-0.25, -0.2) is 0 Å². The SMILES string of the molecule is Oc1ccc(-c2ccc[nH]2)c(Br)c1. The van der Waals surface area contributed by atoms with Crippen molar-refractivity contribution >= 4 is 15.9 Å². The predicted octanol–water partition coefficient (Wildman–Crippen LogP) is 3.15. The van der Waals surface area contributed by atoms with Crippen molar-refractivity contribution in [1.82, 2.24) is 4.98 Å². The highest BCUT2D eigenvalue weighted by atomic mass is 79.9. The van der Waals surface area contributed by atoms with Crippen LogP contribution >= 0.6 is 15.9 Å². The molecule has 1 aromatic heterocycles. The molecule has 3 heteroatoms. The molecule has 0 aliphatic carbocycles. The molecule has 0 bridgehead atoms. The van der Waals surface area contributed by atoms with Crippen LogP contribution < -0.4 is 0 Å². The maximum Gasteiger partial charge on any atom is 0.116 e. The fourth-order valence-electron chi connectivity index (χ4n) is 1.22. The van der Waals surface area contributed by atoms with E-state index in [9.17, 15) is 5.11 Å². The first-order valence-electron chi connectivity index (χ1n) is 3.89. The first kappa shape index (κ1) is 8.38. The van der Waals surface area contributed by atoms with Crippen molar-refractivity contribution in [2.24, 2.45) is 0 Å². The minimum atomic E-state index is 0.266. The van der Waals surface area contributed by atoms with Gasteiger partial charge in [-0.1, -0.05) is 0 Å². The van der Waals surface area contributed by atoms with Gasteiger partial charge in [-0.05, 0) is 46.3 Å². The highest BCUT2D eigenvalue weighted by Gasteiger charge is 2.03. The molecule has 2 N–H and O–H groups in total. The molecule has 0 saturated carbocycles. The summed E-state index contributed by atoms with van der Waals surface area (Å²) in [5.74, 6) is 0.266. The van der Waals surface area contributed by atoms with Crippen molar-refractivity contribution < 1.29 is 5.11 Å². The molecule has 0 fully saturated rings. The highest BCUT2D eigenvalue weighted by Crippen LogP contribution is 2.29. The Balaban J connectivity index is 2.53. The lowest BCUT2D eigenvalue weighted by Crippen LogP contribution is -1.78. The van der Waals surface area contributed by atoms with Crippen LogP contribution in [-0.2, 0) is 0 Å². The van der Waals surface area contributed by atoms with E-state index in [4.69, 9.17) is 0 Å². The van der Waals surface area contributed by atoms with Crippen LogP contribution in [0.2, 0.25) is 0 Å². The van der Waals surface area contributed by atoms with E-state index in [0.717, 1.165) is 15.7 Å². The molecule has 0 unspecified atom stereocenters. The third kappa shape index (κ3) is 1.60. The average molecular weight is 238 g/mol. The molecule has 2 nitrogen and oxygen atoms in total. The molecule has 1 heterocycles. The van der Waals surface area contributed by atoms with Gasteiger partial charge in [0.1, 0.15) is 5.75 Å². The Morgan fingerprint density at radius 1 is 1.23 bits per heavy atom. The monoisotopic (exact) mass is 237 g/mol. The lowest BCUT2D eigenvalue weighted by Gasteiger charge is -2.01. The number of benzene rings is 1. The van der Waals surface area contributed by atoms with Crippen LogP contribution in [0.25, 0.3) is 11.3 Å². The normalized spacial score (nSPS) is 10.2. The average Bonchev–Trinajstić information content (AvgIpc) is 2.56. The number of phenols is 1. The Labute approximate surface area is 84.4 Å². The number of halogens is 1. The van der Waals surface area contributed by atoms with Gasteiger partial charge in [0.15, 0.2) is 0 Å². The largest absolute Gasteiger partial charge is 0.508 e. The van der Waals surface area contributed by atoms with E-state index >= 15 is 0 Å². The van der Waals surface area contributed by atoms with Gasteiger partial charge in [0.25, 0.3) is 0 Å². The standard InChI is InChI=1S/C10H8BrNO/c11-9-6-7(13)3-4-8(9)10-2-1-5-12-10/h1-6,12-13H. The Morgan fingerprint density at radius 3 is 2.69 bits per heavy atom. The topological polar surface area (TPSA) is 36.0 Å². The predicted molar refractivity (Wildman–Crippen MR) is 55.6 cm³/mol. The third-order valence-electron chi connectivity index (χ3n) is 1.84.